The number of likely N-dealkylation sites (tertiary alicyclic amines) is 1. The summed E-state index contributed by atoms with van der Waals surface area (Å²) < 4.78 is 40.4. The fourth-order valence-electron chi connectivity index (χ4n) is 5.55. The van der Waals surface area contributed by atoms with Crippen molar-refractivity contribution < 1.29 is 27.9 Å². The van der Waals surface area contributed by atoms with Gasteiger partial charge in [0.2, 0.25) is 0 Å². The van der Waals surface area contributed by atoms with Crippen molar-refractivity contribution in [3.05, 3.63) is 52.8 Å². The highest BCUT2D eigenvalue weighted by Gasteiger charge is 2.31. The van der Waals surface area contributed by atoms with Gasteiger partial charge in [-0.25, -0.2) is 15.0 Å². The van der Waals surface area contributed by atoms with E-state index in [1.165, 1.54) is 29.8 Å². The minimum atomic E-state index is -4.48. The summed E-state index contributed by atoms with van der Waals surface area (Å²) in [6.45, 7) is 6.80. The molecule has 1 atom stereocenters. The number of hydrogen-bond acceptors (Lipinski definition) is 9. The Morgan fingerprint density at radius 2 is 1.91 bits per heavy atom. The zero-order chi connectivity index (χ0) is 30.6. The Hall–Kier alpha value is -3.62. The Morgan fingerprint density at radius 1 is 1.12 bits per heavy atom. The average molecular weight is 618 g/mol. The lowest BCUT2D eigenvalue weighted by Crippen LogP contribution is -2.47. The minimum absolute atomic E-state index is 0.0896. The molecule has 230 valence electrons. The van der Waals surface area contributed by atoms with Crippen LogP contribution in [0.25, 0.3) is 11.3 Å². The summed E-state index contributed by atoms with van der Waals surface area (Å²) in [6.07, 6.45) is 1.66. The molecular weight excluding hydrogens is 583 g/mol. The van der Waals surface area contributed by atoms with Gasteiger partial charge in [-0.05, 0) is 37.9 Å². The number of amides is 1. The second kappa shape index (κ2) is 13.3. The van der Waals surface area contributed by atoms with E-state index in [-0.39, 0.29) is 17.2 Å². The van der Waals surface area contributed by atoms with Crippen molar-refractivity contribution in [2.45, 2.75) is 51.4 Å². The van der Waals surface area contributed by atoms with Gasteiger partial charge in [-0.1, -0.05) is 30.4 Å². The van der Waals surface area contributed by atoms with E-state index in [4.69, 9.17) is 5.11 Å². The van der Waals surface area contributed by atoms with Crippen LogP contribution in [0.15, 0.2) is 36.7 Å². The van der Waals surface area contributed by atoms with Gasteiger partial charge >= 0.3 is 12.1 Å². The number of rotatable bonds is 10. The summed E-state index contributed by atoms with van der Waals surface area (Å²) in [6, 6.07) is 5.51. The van der Waals surface area contributed by atoms with E-state index in [1.807, 2.05) is 4.90 Å². The largest absolute Gasteiger partial charge is 0.481 e. The summed E-state index contributed by atoms with van der Waals surface area (Å²) in [7, 11) is 0. The first kappa shape index (κ1) is 30.8. The van der Waals surface area contributed by atoms with Crippen molar-refractivity contribution in [3.8, 4) is 11.3 Å². The van der Waals surface area contributed by atoms with Crippen LogP contribution in [-0.2, 0) is 17.5 Å². The molecular formula is C29H34F3N7O3S. The first-order chi connectivity index (χ1) is 20.6. The number of halogens is 3. The SMILES string of the molecule is CC[C@@H]1CCCN1Cc1sc(NC(=O)c2cnc(N3CCN(CCC(=O)O)CC3)cn2)nc1-c1cccc(C(F)(F)F)c1. The average Bonchev–Trinajstić information content (AvgIpc) is 3.62. The molecule has 2 fully saturated rings. The van der Waals surface area contributed by atoms with E-state index in [0.29, 0.717) is 62.4 Å². The lowest BCUT2D eigenvalue weighted by Gasteiger charge is -2.34. The molecule has 43 heavy (non-hydrogen) atoms. The summed E-state index contributed by atoms with van der Waals surface area (Å²) in [5, 5.41) is 11.9. The van der Waals surface area contributed by atoms with E-state index in [2.05, 4.69) is 37.0 Å². The van der Waals surface area contributed by atoms with Gasteiger partial charge in [0.05, 0.1) is 30.1 Å². The lowest BCUT2D eigenvalue weighted by molar-refractivity contribution is -0.138. The normalized spacial score (nSPS) is 18.2. The number of nitrogens with zero attached hydrogens (tertiary/aromatic N) is 6. The molecule has 0 bridgehead atoms. The van der Waals surface area contributed by atoms with Gasteiger partial charge in [0.1, 0.15) is 11.5 Å². The van der Waals surface area contributed by atoms with Crippen molar-refractivity contribution >= 4 is 34.2 Å². The minimum Gasteiger partial charge on any atom is -0.481 e. The number of aromatic nitrogens is 3. The molecule has 0 saturated carbocycles. The van der Waals surface area contributed by atoms with Crippen LogP contribution in [0, 0.1) is 0 Å². The third-order valence-electron chi connectivity index (χ3n) is 7.91. The van der Waals surface area contributed by atoms with Crippen molar-refractivity contribution in [2.24, 2.45) is 0 Å². The van der Waals surface area contributed by atoms with E-state index < -0.39 is 23.6 Å². The first-order valence-corrected chi connectivity index (χ1v) is 15.2. The fraction of sp³-hybridized carbons (Fsp3) is 0.483. The highest BCUT2D eigenvalue weighted by molar-refractivity contribution is 7.16. The predicted molar refractivity (Wildman–Crippen MR) is 157 cm³/mol. The highest BCUT2D eigenvalue weighted by atomic mass is 32.1. The molecule has 2 N–H and O–H groups in total. The molecule has 14 heteroatoms. The molecule has 0 spiro atoms. The Balaban J connectivity index is 1.30. The molecule has 1 amide bonds. The maximum Gasteiger partial charge on any atom is 0.416 e. The molecule has 1 aromatic carbocycles. The second-order valence-electron chi connectivity index (χ2n) is 10.7. The Bertz CT molecular complexity index is 1430. The Morgan fingerprint density at radius 3 is 2.58 bits per heavy atom. The van der Waals surface area contributed by atoms with Gasteiger partial charge in [0.15, 0.2) is 5.13 Å². The number of hydrogen-bond donors (Lipinski definition) is 2. The van der Waals surface area contributed by atoms with Crippen LogP contribution < -0.4 is 10.2 Å². The number of carboxylic acids is 1. The van der Waals surface area contributed by atoms with Crippen LogP contribution in [0.2, 0.25) is 0 Å². The molecule has 0 radical (unpaired) electrons. The van der Waals surface area contributed by atoms with Crippen molar-refractivity contribution in [3.63, 3.8) is 0 Å². The van der Waals surface area contributed by atoms with E-state index in [1.54, 1.807) is 6.07 Å². The molecule has 0 unspecified atom stereocenters. The van der Waals surface area contributed by atoms with Gasteiger partial charge in [-0.15, -0.1) is 0 Å². The third kappa shape index (κ3) is 7.67. The van der Waals surface area contributed by atoms with Gasteiger partial charge in [0, 0.05) is 55.8 Å². The topological polar surface area (TPSA) is 115 Å². The maximum atomic E-state index is 13.5. The maximum absolute atomic E-state index is 13.5. The molecule has 2 aliphatic heterocycles. The van der Waals surface area contributed by atoms with Crippen molar-refractivity contribution in [2.75, 3.05) is 49.5 Å². The number of benzene rings is 1. The molecule has 3 aromatic rings. The number of thiazole rings is 1. The van der Waals surface area contributed by atoms with Crippen LogP contribution >= 0.6 is 11.3 Å². The number of carbonyl (C=O) groups is 2. The third-order valence-corrected chi connectivity index (χ3v) is 8.86. The number of anilines is 2. The zero-order valence-corrected chi connectivity index (χ0v) is 24.6. The van der Waals surface area contributed by atoms with Crippen LogP contribution in [0.5, 0.6) is 0 Å². The summed E-state index contributed by atoms with van der Waals surface area (Å²) in [5.41, 5.74) is 0.115. The number of aliphatic carboxylic acids is 1. The zero-order valence-electron chi connectivity index (χ0n) is 23.8. The van der Waals surface area contributed by atoms with E-state index in [0.717, 1.165) is 42.8 Å². The van der Waals surface area contributed by atoms with Crippen molar-refractivity contribution in [1.29, 1.82) is 0 Å². The summed E-state index contributed by atoms with van der Waals surface area (Å²) in [5.74, 6) is -0.713. The predicted octanol–water partition coefficient (Wildman–Crippen LogP) is 4.84. The number of nitrogens with one attached hydrogen (secondary N) is 1. The van der Waals surface area contributed by atoms with E-state index >= 15 is 0 Å². The molecule has 5 rings (SSSR count). The molecule has 4 heterocycles. The molecule has 0 aliphatic carbocycles. The highest BCUT2D eigenvalue weighted by Crippen LogP contribution is 2.37. The van der Waals surface area contributed by atoms with Crippen LogP contribution in [-0.4, -0.2) is 87.0 Å². The monoisotopic (exact) mass is 617 g/mol. The fourth-order valence-corrected chi connectivity index (χ4v) is 6.55. The number of piperazine rings is 1. The van der Waals surface area contributed by atoms with Gasteiger partial charge < -0.3 is 10.0 Å². The molecule has 2 saturated heterocycles. The summed E-state index contributed by atoms with van der Waals surface area (Å²) >= 11 is 1.26. The summed E-state index contributed by atoms with van der Waals surface area (Å²) in [4.78, 5) is 44.4. The number of alkyl halides is 3. The molecule has 2 aromatic heterocycles. The van der Waals surface area contributed by atoms with Crippen molar-refractivity contribution in [1.82, 2.24) is 24.8 Å². The number of carbonyl (C=O) groups excluding carboxylic acids is 1. The quantitative estimate of drug-likeness (QED) is 0.330. The van der Waals surface area contributed by atoms with Crippen LogP contribution in [0.3, 0.4) is 0 Å². The smallest absolute Gasteiger partial charge is 0.416 e. The molecule has 2 aliphatic rings. The molecule has 10 nitrogen and oxygen atoms in total. The Labute approximate surface area is 251 Å². The van der Waals surface area contributed by atoms with E-state index in [9.17, 15) is 22.8 Å². The second-order valence-corrected chi connectivity index (χ2v) is 11.8. The Kier molecular flexibility index (Phi) is 9.57. The standard InChI is InChI=1S/C29H34F3N7O3S/c1-2-21-7-4-9-39(21)18-23-26(19-5-3-6-20(15-19)29(30,31)32)35-28(43-23)36-27(42)22-16-34-24(17-33-22)38-13-11-37(12-14-38)10-8-25(40)41/h3,5-6,15-17,21H,2,4,7-14,18H2,1H3,(H,40,41)(H,35,36,42)/t21-/m1/s1. The number of carboxylic acid groups (broad SMARTS) is 1. The van der Waals surface area contributed by atoms with Gasteiger partial charge in [-0.3, -0.25) is 24.7 Å². The van der Waals surface area contributed by atoms with Gasteiger partial charge in [0.25, 0.3) is 5.91 Å². The van der Waals surface area contributed by atoms with Gasteiger partial charge in [-0.2, -0.15) is 13.2 Å². The lowest BCUT2D eigenvalue weighted by atomic mass is 10.1. The van der Waals surface area contributed by atoms with Crippen LogP contribution in [0.4, 0.5) is 24.1 Å². The first-order valence-electron chi connectivity index (χ1n) is 14.3. The van der Waals surface area contributed by atoms with Crippen LogP contribution in [0.1, 0.15) is 53.5 Å².